The Hall–Kier alpha value is -2.75. The molecule has 102 valence electrons. The van der Waals surface area contributed by atoms with Crippen molar-refractivity contribution in [2.75, 3.05) is 0 Å². The van der Waals surface area contributed by atoms with E-state index in [-0.39, 0.29) is 5.76 Å². The second-order valence-electron chi connectivity index (χ2n) is 3.92. The summed E-state index contributed by atoms with van der Waals surface area (Å²) in [6.45, 7) is 1.60. The van der Waals surface area contributed by atoms with Gasteiger partial charge in [0.2, 0.25) is 5.76 Å². The number of rotatable bonds is 5. The number of aliphatic carboxylic acids is 1. The molecule has 0 aliphatic rings. The van der Waals surface area contributed by atoms with Crippen LogP contribution in [0.25, 0.3) is 0 Å². The molecule has 2 rings (SSSR count). The van der Waals surface area contributed by atoms with Crippen LogP contribution in [-0.4, -0.2) is 11.1 Å². The lowest BCUT2D eigenvalue weighted by Gasteiger charge is -2.12. The first-order valence-corrected chi connectivity index (χ1v) is 6.10. The average Bonchev–Trinajstić information content (AvgIpc) is 2.47. The Balaban J connectivity index is 2.25. The predicted octanol–water partition coefficient (Wildman–Crippen LogP) is 3.85. The Bertz CT molecular complexity index is 617. The Morgan fingerprint density at radius 2 is 1.60 bits per heavy atom. The minimum absolute atomic E-state index is 0.144. The van der Waals surface area contributed by atoms with Crippen molar-refractivity contribution in [2.24, 2.45) is 0 Å². The molecule has 2 aromatic rings. The molecule has 0 radical (unpaired) electrons. The quantitative estimate of drug-likeness (QED) is 0.662. The lowest BCUT2D eigenvalue weighted by Crippen LogP contribution is -2.07. The first-order valence-electron chi connectivity index (χ1n) is 6.10. The van der Waals surface area contributed by atoms with Gasteiger partial charge in [-0.25, -0.2) is 4.79 Å². The maximum absolute atomic E-state index is 11.0. The van der Waals surface area contributed by atoms with Gasteiger partial charge < -0.3 is 14.6 Å². The Labute approximate surface area is 116 Å². The van der Waals surface area contributed by atoms with E-state index in [9.17, 15) is 4.79 Å². The average molecular weight is 270 g/mol. The van der Waals surface area contributed by atoms with E-state index < -0.39 is 5.97 Å². The molecule has 0 saturated carbocycles. The molecule has 0 bridgehead atoms. The molecule has 0 spiro atoms. The number of carbonyl (C=O) groups is 1. The number of carboxylic acids is 1. The van der Waals surface area contributed by atoms with Gasteiger partial charge in [0, 0.05) is 0 Å². The van der Waals surface area contributed by atoms with Gasteiger partial charge in [-0.15, -0.1) is 0 Å². The van der Waals surface area contributed by atoms with Gasteiger partial charge in [-0.2, -0.15) is 0 Å². The molecule has 0 atom stereocenters. The summed E-state index contributed by atoms with van der Waals surface area (Å²) in [6, 6.07) is 16.1. The van der Waals surface area contributed by atoms with Crippen molar-refractivity contribution < 1.29 is 19.4 Å². The van der Waals surface area contributed by atoms with E-state index in [4.69, 9.17) is 14.6 Å². The molecule has 0 fully saturated rings. The van der Waals surface area contributed by atoms with E-state index in [1.165, 1.54) is 6.08 Å². The van der Waals surface area contributed by atoms with Crippen molar-refractivity contribution in [3.8, 4) is 17.2 Å². The highest BCUT2D eigenvalue weighted by molar-refractivity contribution is 5.84. The molecule has 0 heterocycles. The van der Waals surface area contributed by atoms with Crippen LogP contribution in [0.5, 0.6) is 17.2 Å². The Morgan fingerprint density at radius 3 is 2.20 bits per heavy atom. The number of allylic oxidation sites excluding steroid dienone is 1. The molecule has 1 N–H and O–H groups in total. The number of benzene rings is 2. The zero-order valence-electron chi connectivity index (χ0n) is 10.9. The molecule has 4 nitrogen and oxygen atoms in total. The maximum Gasteiger partial charge on any atom is 0.371 e. The molecule has 0 aromatic heterocycles. The van der Waals surface area contributed by atoms with Crippen LogP contribution in [0.15, 0.2) is 66.4 Å². The number of hydrogen-bond donors (Lipinski definition) is 1. The van der Waals surface area contributed by atoms with Crippen LogP contribution in [0.1, 0.15) is 6.92 Å². The zero-order valence-corrected chi connectivity index (χ0v) is 10.9. The molecule has 0 aliphatic carbocycles. The SMILES string of the molecule is C/C=C(\Oc1ccccc1Oc1ccccc1)C(=O)O. The number of ether oxygens (including phenoxy) is 2. The minimum Gasteiger partial charge on any atom is -0.475 e. The Morgan fingerprint density at radius 1 is 1.00 bits per heavy atom. The van der Waals surface area contributed by atoms with Crippen LogP contribution in [0, 0.1) is 0 Å². The van der Waals surface area contributed by atoms with Gasteiger partial charge in [-0.3, -0.25) is 0 Å². The van der Waals surface area contributed by atoms with Crippen LogP contribution in [0.2, 0.25) is 0 Å². The third-order valence-electron chi connectivity index (χ3n) is 2.51. The lowest BCUT2D eigenvalue weighted by molar-refractivity contribution is -0.135. The van der Waals surface area contributed by atoms with E-state index in [2.05, 4.69) is 0 Å². The summed E-state index contributed by atoms with van der Waals surface area (Å²) < 4.78 is 11.1. The van der Waals surface area contributed by atoms with Gasteiger partial charge >= 0.3 is 5.97 Å². The first kappa shape index (κ1) is 13.7. The summed E-state index contributed by atoms with van der Waals surface area (Å²) in [5.74, 6) is 0.197. The lowest BCUT2D eigenvalue weighted by atomic mass is 10.3. The van der Waals surface area contributed by atoms with Gasteiger partial charge in [0.05, 0.1) is 0 Å². The summed E-state index contributed by atoms with van der Waals surface area (Å²) in [5, 5.41) is 8.98. The molecule has 0 amide bonds. The molecular weight excluding hydrogens is 256 g/mol. The number of para-hydroxylation sites is 3. The molecule has 2 aromatic carbocycles. The molecular formula is C16H14O4. The van der Waals surface area contributed by atoms with Crippen molar-refractivity contribution in [1.82, 2.24) is 0 Å². The van der Waals surface area contributed by atoms with E-state index >= 15 is 0 Å². The predicted molar refractivity (Wildman–Crippen MR) is 75.0 cm³/mol. The van der Waals surface area contributed by atoms with Gasteiger partial charge in [-0.1, -0.05) is 30.3 Å². The number of carboxylic acid groups (broad SMARTS) is 1. The monoisotopic (exact) mass is 270 g/mol. The van der Waals surface area contributed by atoms with Crippen molar-refractivity contribution in [3.05, 3.63) is 66.4 Å². The highest BCUT2D eigenvalue weighted by Gasteiger charge is 2.12. The molecule has 0 aliphatic heterocycles. The van der Waals surface area contributed by atoms with E-state index in [1.807, 2.05) is 30.3 Å². The van der Waals surface area contributed by atoms with Gasteiger partial charge in [0.15, 0.2) is 11.5 Å². The third kappa shape index (κ3) is 3.38. The van der Waals surface area contributed by atoms with Crippen LogP contribution in [-0.2, 0) is 4.79 Å². The van der Waals surface area contributed by atoms with Crippen LogP contribution in [0.4, 0.5) is 0 Å². The zero-order chi connectivity index (χ0) is 14.4. The van der Waals surface area contributed by atoms with E-state index in [0.29, 0.717) is 17.2 Å². The van der Waals surface area contributed by atoms with Crippen molar-refractivity contribution in [1.29, 1.82) is 0 Å². The van der Waals surface area contributed by atoms with E-state index in [0.717, 1.165) is 0 Å². The smallest absolute Gasteiger partial charge is 0.371 e. The molecule has 0 saturated heterocycles. The summed E-state index contributed by atoms with van der Waals surface area (Å²) >= 11 is 0. The van der Waals surface area contributed by atoms with Crippen molar-refractivity contribution in [2.45, 2.75) is 6.92 Å². The van der Waals surface area contributed by atoms with Crippen molar-refractivity contribution >= 4 is 5.97 Å². The topological polar surface area (TPSA) is 55.8 Å². The highest BCUT2D eigenvalue weighted by Crippen LogP contribution is 2.32. The fraction of sp³-hybridized carbons (Fsp3) is 0.0625. The first-order chi connectivity index (χ1) is 9.70. The molecule has 0 unspecified atom stereocenters. The Kier molecular flexibility index (Phi) is 4.39. The minimum atomic E-state index is -1.12. The largest absolute Gasteiger partial charge is 0.475 e. The van der Waals surface area contributed by atoms with Crippen molar-refractivity contribution in [3.63, 3.8) is 0 Å². The summed E-state index contributed by atoms with van der Waals surface area (Å²) in [6.07, 6.45) is 1.39. The fourth-order valence-corrected chi connectivity index (χ4v) is 1.58. The summed E-state index contributed by atoms with van der Waals surface area (Å²) in [7, 11) is 0. The highest BCUT2D eigenvalue weighted by atomic mass is 16.5. The standard InChI is InChI=1S/C16H14O4/c1-2-13(16(17)18)20-15-11-7-6-10-14(15)19-12-8-4-3-5-9-12/h2-11H,1H3,(H,17,18)/b13-2-. The summed E-state index contributed by atoms with van der Waals surface area (Å²) in [4.78, 5) is 11.0. The van der Waals surface area contributed by atoms with Crippen LogP contribution < -0.4 is 9.47 Å². The van der Waals surface area contributed by atoms with Gasteiger partial charge in [0.25, 0.3) is 0 Å². The fourth-order valence-electron chi connectivity index (χ4n) is 1.58. The summed E-state index contributed by atoms with van der Waals surface area (Å²) in [5.41, 5.74) is 0. The number of hydrogen-bond acceptors (Lipinski definition) is 3. The normalized spacial score (nSPS) is 10.9. The second kappa shape index (κ2) is 6.43. The molecule has 4 heteroatoms. The van der Waals surface area contributed by atoms with Gasteiger partial charge in [-0.05, 0) is 37.3 Å². The maximum atomic E-state index is 11.0. The van der Waals surface area contributed by atoms with Crippen LogP contribution >= 0.6 is 0 Å². The third-order valence-corrected chi connectivity index (χ3v) is 2.51. The molecule has 20 heavy (non-hydrogen) atoms. The van der Waals surface area contributed by atoms with Crippen LogP contribution in [0.3, 0.4) is 0 Å². The second-order valence-corrected chi connectivity index (χ2v) is 3.92. The van der Waals surface area contributed by atoms with E-state index in [1.54, 1.807) is 31.2 Å². The van der Waals surface area contributed by atoms with Gasteiger partial charge in [0.1, 0.15) is 5.75 Å².